The Morgan fingerprint density at radius 1 is 1.12 bits per heavy atom. The summed E-state index contributed by atoms with van der Waals surface area (Å²) in [7, 11) is 0. The van der Waals surface area contributed by atoms with E-state index in [0.29, 0.717) is 6.42 Å². The fraction of sp³-hybridized carbons (Fsp3) is 0.800. The van der Waals surface area contributed by atoms with Crippen LogP contribution in [0.5, 0.6) is 0 Å². The second-order valence-electron chi connectivity index (χ2n) is 4.66. The highest BCUT2D eigenvalue weighted by Gasteiger charge is 2.40. The highest BCUT2D eigenvalue weighted by Crippen LogP contribution is 2.25. The van der Waals surface area contributed by atoms with E-state index < -0.39 is 24.2 Å². The largest absolute Gasteiger partial charge is 0.481 e. The average Bonchev–Trinajstić information content (AvgIpc) is 2.24. The van der Waals surface area contributed by atoms with Crippen molar-refractivity contribution in [3.8, 4) is 0 Å². The Hall–Kier alpha value is -1.37. The van der Waals surface area contributed by atoms with E-state index in [1.807, 2.05) is 4.90 Å². The van der Waals surface area contributed by atoms with Gasteiger partial charge in [0, 0.05) is 32.2 Å². The van der Waals surface area contributed by atoms with Crippen LogP contribution < -0.4 is 0 Å². The number of carboxylic acid groups (broad SMARTS) is 2. The van der Waals surface area contributed by atoms with E-state index in [9.17, 15) is 14.0 Å². The highest BCUT2D eigenvalue weighted by molar-refractivity contribution is 5.72. The maximum absolute atomic E-state index is 12.7. The Morgan fingerprint density at radius 2 is 1.76 bits per heavy atom. The molecule has 17 heavy (non-hydrogen) atoms. The summed E-state index contributed by atoms with van der Waals surface area (Å²) in [5.41, 5.74) is 0. The Balaban J connectivity index is 2.01. The zero-order chi connectivity index (χ0) is 12.6. The Bertz CT molecular complexity index is 310. The number of halogens is 1. The molecule has 2 heterocycles. The van der Waals surface area contributed by atoms with Gasteiger partial charge in [-0.25, -0.2) is 9.18 Å². The van der Waals surface area contributed by atoms with Crippen molar-refractivity contribution in [2.75, 3.05) is 26.2 Å². The van der Waals surface area contributed by atoms with Gasteiger partial charge >= 0.3 is 12.1 Å². The number of likely N-dealkylation sites (tertiary alicyclic amines) is 2. The number of hydrogen-bond donors (Lipinski definition) is 2. The molecule has 0 bridgehead atoms. The molecule has 2 atom stereocenters. The fourth-order valence-electron chi connectivity index (χ4n) is 2.43. The summed E-state index contributed by atoms with van der Waals surface area (Å²) in [6, 6.07) is -0.173. The predicted molar refractivity (Wildman–Crippen MR) is 55.6 cm³/mol. The minimum Gasteiger partial charge on any atom is -0.481 e. The highest BCUT2D eigenvalue weighted by atomic mass is 19.1. The Morgan fingerprint density at radius 3 is 2.24 bits per heavy atom. The topological polar surface area (TPSA) is 81.1 Å². The van der Waals surface area contributed by atoms with Crippen LogP contribution in [0, 0.1) is 5.92 Å². The molecule has 7 heteroatoms. The van der Waals surface area contributed by atoms with E-state index in [1.54, 1.807) is 0 Å². The summed E-state index contributed by atoms with van der Waals surface area (Å²) in [6.45, 7) is 0.856. The number of aliphatic carboxylic acids is 1. The third-order valence-electron chi connectivity index (χ3n) is 3.43. The van der Waals surface area contributed by atoms with Crippen molar-refractivity contribution in [2.45, 2.75) is 18.6 Å². The fourth-order valence-corrected chi connectivity index (χ4v) is 2.43. The average molecular weight is 246 g/mol. The molecule has 0 aromatic heterocycles. The number of carbonyl (C=O) groups is 2. The van der Waals surface area contributed by atoms with E-state index in [4.69, 9.17) is 10.2 Å². The molecule has 2 aliphatic heterocycles. The number of nitrogens with zero attached hydrogens (tertiary/aromatic N) is 2. The summed E-state index contributed by atoms with van der Waals surface area (Å²) in [5.74, 6) is -1.68. The van der Waals surface area contributed by atoms with Gasteiger partial charge in [-0.15, -0.1) is 0 Å². The molecule has 2 rings (SSSR count). The molecular weight excluding hydrogens is 231 g/mol. The molecule has 2 unspecified atom stereocenters. The van der Waals surface area contributed by atoms with Crippen molar-refractivity contribution in [3.05, 3.63) is 0 Å². The summed E-state index contributed by atoms with van der Waals surface area (Å²) < 4.78 is 12.7. The Labute approximate surface area is 97.6 Å². The van der Waals surface area contributed by atoms with E-state index in [1.165, 1.54) is 0 Å². The van der Waals surface area contributed by atoms with Gasteiger partial charge in [0.15, 0.2) is 0 Å². The van der Waals surface area contributed by atoms with Gasteiger partial charge in [0.1, 0.15) is 6.17 Å². The first-order valence-electron chi connectivity index (χ1n) is 5.56. The molecule has 2 saturated heterocycles. The molecule has 96 valence electrons. The molecule has 6 nitrogen and oxygen atoms in total. The maximum atomic E-state index is 12.7. The van der Waals surface area contributed by atoms with Gasteiger partial charge in [-0.1, -0.05) is 0 Å². The first-order valence-corrected chi connectivity index (χ1v) is 5.56. The van der Waals surface area contributed by atoms with Crippen LogP contribution >= 0.6 is 0 Å². The number of amides is 1. The summed E-state index contributed by atoms with van der Waals surface area (Å²) in [4.78, 5) is 24.8. The number of alkyl halides is 1. The lowest BCUT2D eigenvalue weighted by molar-refractivity contribution is -0.145. The van der Waals surface area contributed by atoms with E-state index >= 15 is 0 Å². The predicted octanol–water partition coefficient (Wildman–Crippen LogP) is 0.0932. The second-order valence-corrected chi connectivity index (χ2v) is 4.66. The Kier molecular flexibility index (Phi) is 3.19. The molecular formula is C10H15FN2O4. The third-order valence-corrected chi connectivity index (χ3v) is 3.43. The van der Waals surface area contributed by atoms with Crippen molar-refractivity contribution in [2.24, 2.45) is 5.92 Å². The molecule has 1 amide bonds. The SMILES string of the molecule is O=C(O)C1CC(N2CC(F)C2)CN(C(=O)O)C1. The lowest BCUT2D eigenvalue weighted by Crippen LogP contribution is -2.60. The van der Waals surface area contributed by atoms with Gasteiger partial charge in [-0.05, 0) is 6.42 Å². The molecule has 0 saturated carbocycles. The number of piperidine rings is 1. The van der Waals surface area contributed by atoms with E-state index in [0.717, 1.165) is 4.90 Å². The van der Waals surface area contributed by atoms with Gasteiger partial charge in [-0.3, -0.25) is 9.69 Å². The number of carboxylic acids is 1. The molecule has 0 radical (unpaired) electrons. The zero-order valence-corrected chi connectivity index (χ0v) is 9.25. The van der Waals surface area contributed by atoms with Crippen LogP contribution in [0.4, 0.5) is 9.18 Å². The third kappa shape index (κ3) is 2.49. The molecule has 0 spiro atoms. The molecule has 2 fully saturated rings. The molecule has 2 N–H and O–H groups in total. The quantitative estimate of drug-likeness (QED) is 0.722. The van der Waals surface area contributed by atoms with E-state index in [2.05, 4.69) is 0 Å². The minimum absolute atomic E-state index is 0.0219. The molecule has 0 aliphatic carbocycles. The first-order chi connectivity index (χ1) is 7.97. The molecule has 0 aromatic carbocycles. The van der Waals surface area contributed by atoms with Crippen molar-refractivity contribution in [1.82, 2.24) is 9.80 Å². The first kappa shape index (κ1) is 12.1. The monoisotopic (exact) mass is 246 g/mol. The normalized spacial score (nSPS) is 31.0. The van der Waals surface area contributed by atoms with Crippen molar-refractivity contribution in [1.29, 1.82) is 0 Å². The summed E-state index contributed by atoms with van der Waals surface area (Å²) in [5, 5.41) is 17.9. The summed E-state index contributed by atoms with van der Waals surface area (Å²) >= 11 is 0. The zero-order valence-electron chi connectivity index (χ0n) is 9.25. The van der Waals surface area contributed by atoms with Gasteiger partial charge in [0.05, 0.1) is 5.92 Å². The van der Waals surface area contributed by atoms with Crippen molar-refractivity contribution in [3.63, 3.8) is 0 Å². The van der Waals surface area contributed by atoms with Crippen LogP contribution in [0.1, 0.15) is 6.42 Å². The van der Waals surface area contributed by atoms with Crippen LogP contribution in [0.25, 0.3) is 0 Å². The summed E-state index contributed by atoms with van der Waals surface area (Å²) in [6.07, 6.45) is -1.58. The van der Waals surface area contributed by atoms with E-state index in [-0.39, 0.29) is 32.2 Å². The van der Waals surface area contributed by atoms with Crippen LogP contribution in [-0.4, -0.2) is 70.5 Å². The van der Waals surface area contributed by atoms with Gasteiger partial charge in [-0.2, -0.15) is 0 Å². The lowest BCUT2D eigenvalue weighted by Gasteiger charge is -2.45. The maximum Gasteiger partial charge on any atom is 0.407 e. The molecule has 2 aliphatic rings. The van der Waals surface area contributed by atoms with Crippen LogP contribution in [0.3, 0.4) is 0 Å². The number of rotatable bonds is 2. The van der Waals surface area contributed by atoms with Gasteiger partial charge in [0.2, 0.25) is 0 Å². The standard InChI is InChI=1S/C10H15FN2O4/c11-7-3-12(4-7)8-1-6(9(14)15)2-13(5-8)10(16)17/h6-8H,1-5H2,(H,14,15)(H,16,17). The van der Waals surface area contributed by atoms with Crippen LogP contribution in [-0.2, 0) is 4.79 Å². The smallest absolute Gasteiger partial charge is 0.407 e. The molecule has 0 aromatic rings. The lowest BCUT2D eigenvalue weighted by atomic mass is 9.91. The van der Waals surface area contributed by atoms with Crippen molar-refractivity contribution >= 4 is 12.1 Å². The van der Waals surface area contributed by atoms with Crippen LogP contribution in [0.15, 0.2) is 0 Å². The van der Waals surface area contributed by atoms with Crippen molar-refractivity contribution < 1.29 is 24.2 Å². The minimum atomic E-state index is -1.11. The van der Waals surface area contributed by atoms with Gasteiger partial charge < -0.3 is 15.1 Å². The van der Waals surface area contributed by atoms with Gasteiger partial charge in [0.25, 0.3) is 0 Å². The number of hydrogen-bond acceptors (Lipinski definition) is 3. The van der Waals surface area contributed by atoms with Crippen LogP contribution in [0.2, 0.25) is 0 Å². The second kappa shape index (κ2) is 4.48.